The fourth-order valence-corrected chi connectivity index (χ4v) is 2.86. The van der Waals surface area contributed by atoms with E-state index in [0.717, 1.165) is 18.4 Å². The minimum absolute atomic E-state index is 0.0680. The molecule has 1 heterocycles. The topological polar surface area (TPSA) is 53.5 Å². The molecule has 0 atom stereocenters. The van der Waals surface area contributed by atoms with E-state index in [0.29, 0.717) is 30.8 Å². The lowest BCUT2D eigenvalue weighted by molar-refractivity contribution is 0.0755. The Labute approximate surface area is 155 Å². The summed E-state index contributed by atoms with van der Waals surface area (Å²) in [5, 5.41) is 0. The lowest BCUT2D eigenvalue weighted by Gasteiger charge is -2.22. The van der Waals surface area contributed by atoms with E-state index in [9.17, 15) is 9.59 Å². The van der Waals surface area contributed by atoms with Crippen LogP contribution in [0.25, 0.3) is 0 Å². The minimum atomic E-state index is -0.145. The van der Waals surface area contributed by atoms with Crippen molar-refractivity contribution in [1.82, 2.24) is 14.8 Å². The van der Waals surface area contributed by atoms with Crippen molar-refractivity contribution in [3.05, 3.63) is 65.5 Å². The third kappa shape index (κ3) is 5.15. The highest BCUT2D eigenvalue weighted by molar-refractivity contribution is 5.99. The normalized spacial score (nSPS) is 10.4. The van der Waals surface area contributed by atoms with Crippen molar-refractivity contribution in [2.75, 3.05) is 20.1 Å². The highest BCUT2D eigenvalue weighted by atomic mass is 16.2. The number of hydrogen-bond donors (Lipinski definition) is 0. The number of pyridine rings is 1. The van der Waals surface area contributed by atoms with Gasteiger partial charge < -0.3 is 9.80 Å². The number of aromatic nitrogens is 1. The Hall–Kier alpha value is -2.69. The van der Waals surface area contributed by atoms with Crippen LogP contribution in [-0.2, 0) is 6.54 Å². The molecule has 0 unspecified atom stereocenters. The number of carbonyl (C=O) groups excluding carboxylic acids is 2. The van der Waals surface area contributed by atoms with Gasteiger partial charge in [0.15, 0.2) is 0 Å². The highest BCUT2D eigenvalue weighted by Crippen LogP contribution is 2.12. The third-order valence-electron chi connectivity index (χ3n) is 4.12. The Kier molecular flexibility index (Phi) is 7.33. The van der Waals surface area contributed by atoms with Crippen LogP contribution >= 0.6 is 0 Å². The van der Waals surface area contributed by atoms with E-state index < -0.39 is 0 Å². The number of rotatable bonds is 8. The Morgan fingerprint density at radius 3 is 2.08 bits per heavy atom. The molecule has 5 heteroatoms. The summed E-state index contributed by atoms with van der Waals surface area (Å²) >= 11 is 0. The largest absolute Gasteiger partial charge is 0.339 e. The minimum Gasteiger partial charge on any atom is -0.339 e. The fraction of sp³-hybridized carbons (Fsp3) is 0.381. The predicted molar refractivity (Wildman–Crippen MR) is 103 cm³/mol. The van der Waals surface area contributed by atoms with Crippen molar-refractivity contribution in [1.29, 1.82) is 0 Å². The molecule has 0 N–H and O–H groups in total. The van der Waals surface area contributed by atoms with Crippen LogP contribution in [-0.4, -0.2) is 46.7 Å². The van der Waals surface area contributed by atoms with E-state index in [1.807, 2.05) is 49.1 Å². The number of hydrogen-bond acceptors (Lipinski definition) is 3. The van der Waals surface area contributed by atoms with Crippen LogP contribution in [0.5, 0.6) is 0 Å². The van der Waals surface area contributed by atoms with E-state index in [1.165, 1.54) is 12.4 Å². The van der Waals surface area contributed by atoms with Gasteiger partial charge in [-0.2, -0.15) is 0 Å². The van der Waals surface area contributed by atoms with E-state index in [4.69, 9.17) is 0 Å². The molecular formula is C21H27N3O2. The van der Waals surface area contributed by atoms with Crippen molar-refractivity contribution in [3.8, 4) is 0 Å². The standard InChI is InChI=1S/C21H27N3O2/c1-4-11-24(12-5-2)21(26)19-13-18(14-22-15-19)20(25)23(3)16-17-9-7-6-8-10-17/h6-10,13-15H,4-5,11-12,16H2,1-3H3. The van der Waals surface area contributed by atoms with Gasteiger partial charge in [0.2, 0.25) is 0 Å². The number of benzene rings is 1. The first-order chi connectivity index (χ1) is 12.6. The van der Waals surface area contributed by atoms with Crippen molar-refractivity contribution in [3.63, 3.8) is 0 Å². The maximum absolute atomic E-state index is 12.7. The zero-order valence-corrected chi connectivity index (χ0v) is 15.8. The molecule has 0 aliphatic carbocycles. The van der Waals surface area contributed by atoms with E-state index >= 15 is 0 Å². The number of amides is 2. The second kappa shape index (κ2) is 9.70. The lowest BCUT2D eigenvalue weighted by atomic mass is 10.1. The van der Waals surface area contributed by atoms with Crippen molar-refractivity contribution >= 4 is 11.8 Å². The summed E-state index contributed by atoms with van der Waals surface area (Å²) < 4.78 is 0. The van der Waals surface area contributed by atoms with E-state index in [-0.39, 0.29) is 11.8 Å². The van der Waals surface area contributed by atoms with Gasteiger partial charge >= 0.3 is 0 Å². The van der Waals surface area contributed by atoms with Gasteiger partial charge in [-0.05, 0) is 24.5 Å². The molecule has 0 aliphatic heterocycles. The molecule has 2 aromatic rings. The monoisotopic (exact) mass is 353 g/mol. The third-order valence-corrected chi connectivity index (χ3v) is 4.12. The first kappa shape index (κ1) is 19.6. The van der Waals surface area contributed by atoms with Gasteiger partial charge in [0.05, 0.1) is 11.1 Å². The molecule has 138 valence electrons. The quantitative estimate of drug-likeness (QED) is 0.728. The zero-order valence-electron chi connectivity index (χ0n) is 15.8. The summed E-state index contributed by atoms with van der Waals surface area (Å²) in [6.07, 6.45) is 4.86. The Bertz CT molecular complexity index is 725. The number of nitrogens with zero attached hydrogens (tertiary/aromatic N) is 3. The summed E-state index contributed by atoms with van der Waals surface area (Å²) in [6, 6.07) is 11.5. The molecule has 0 saturated carbocycles. The van der Waals surface area contributed by atoms with E-state index in [2.05, 4.69) is 4.98 Å². The average molecular weight is 353 g/mol. The van der Waals surface area contributed by atoms with Crippen LogP contribution in [0, 0.1) is 0 Å². The molecule has 0 spiro atoms. The van der Waals surface area contributed by atoms with Crippen LogP contribution in [0.15, 0.2) is 48.8 Å². The number of carbonyl (C=O) groups is 2. The zero-order chi connectivity index (χ0) is 18.9. The van der Waals surface area contributed by atoms with Gasteiger partial charge in [-0.3, -0.25) is 14.6 Å². The van der Waals surface area contributed by atoms with Crippen LogP contribution in [0.2, 0.25) is 0 Å². The van der Waals surface area contributed by atoms with Crippen LogP contribution in [0.4, 0.5) is 0 Å². The Balaban J connectivity index is 2.14. The average Bonchev–Trinajstić information content (AvgIpc) is 2.67. The smallest absolute Gasteiger partial charge is 0.255 e. The highest BCUT2D eigenvalue weighted by Gasteiger charge is 2.18. The molecule has 0 aliphatic rings. The molecule has 1 aromatic carbocycles. The van der Waals surface area contributed by atoms with Crippen LogP contribution in [0.1, 0.15) is 53.0 Å². The second-order valence-corrected chi connectivity index (χ2v) is 6.40. The molecular weight excluding hydrogens is 326 g/mol. The summed E-state index contributed by atoms with van der Waals surface area (Å²) in [5.41, 5.74) is 1.95. The van der Waals surface area contributed by atoms with E-state index in [1.54, 1.807) is 18.0 Å². The van der Waals surface area contributed by atoms with Gasteiger partial charge in [-0.1, -0.05) is 44.2 Å². The van der Waals surface area contributed by atoms with Gasteiger partial charge in [0, 0.05) is 39.1 Å². The predicted octanol–water partition coefficient (Wildman–Crippen LogP) is 3.62. The molecule has 2 amide bonds. The Morgan fingerprint density at radius 1 is 0.923 bits per heavy atom. The Morgan fingerprint density at radius 2 is 1.50 bits per heavy atom. The SMILES string of the molecule is CCCN(CCC)C(=O)c1cncc(C(=O)N(C)Cc2ccccc2)c1. The van der Waals surface area contributed by atoms with Gasteiger partial charge in [0.1, 0.15) is 0 Å². The van der Waals surface area contributed by atoms with Crippen molar-refractivity contribution in [2.45, 2.75) is 33.2 Å². The maximum atomic E-state index is 12.7. The molecule has 0 saturated heterocycles. The van der Waals surface area contributed by atoms with Crippen molar-refractivity contribution in [2.24, 2.45) is 0 Å². The molecule has 5 nitrogen and oxygen atoms in total. The second-order valence-electron chi connectivity index (χ2n) is 6.40. The summed E-state index contributed by atoms with van der Waals surface area (Å²) in [4.78, 5) is 33.0. The van der Waals surface area contributed by atoms with Crippen LogP contribution < -0.4 is 0 Å². The summed E-state index contributed by atoms with van der Waals surface area (Å²) in [6.45, 7) is 6.02. The van der Waals surface area contributed by atoms with Crippen LogP contribution in [0.3, 0.4) is 0 Å². The fourth-order valence-electron chi connectivity index (χ4n) is 2.86. The van der Waals surface area contributed by atoms with Gasteiger partial charge in [0.25, 0.3) is 11.8 Å². The van der Waals surface area contributed by atoms with Crippen molar-refractivity contribution < 1.29 is 9.59 Å². The first-order valence-corrected chi connectivity index (χ1v) is 9.10. The molecule has 0 radical (unpaired) electrons. The molecule has 26 heavy (non-hydrogen) atoms. The molecule has 2 rings (SSSR count). The van der Waals surface area contributed by atoms with Gasteiger partial charge in [-0.15, -0.1) is 0 Å². The lowest BCUT2D eigenvalue weighted by Crippen LogP contribution is -2.33. The first-order valence-electron chi connectivity index (χ1n) is 9.10. The summed E-state index contributed by atoms with van der Waals surface area (Å²) in [5.74, 6) is -0.213. The van der Waals surface area contributed by atoms with Gasteiger partial charge in [-0.25, -0.2) is 0 Å². The molecule has 1 aromatic heterocycles. The molecule has 0 fully saturated rings. The summed E-state index contributed by atoms with van der Waals surface area (Å²) in [7, 11) is 1.75. The maximum Gasteiger partial charge on any atom is 0.255 e. The molecule has 0 bridgehead atoms.